The van der Waals surface area contributed by atoms with Gasteiger partial charge in [-0.1, -0.05) is 20.3 Å². The van der Waals surface area contributed by atoms with Gasteiger partial charge in [-0.3, -0.25) is 0 Å². The van der Waals surface area contributed by atoms with Crippen LogP contribution in [0.3, 0.4) is 0 Å². The van der Waals surface area contributed by atoms with E-state index >= 15 is 0 Å². The van der Waals surface area contributed by atoms with E-state index in [2.05, 4.69) is 19.2 Å². The van der Waals surface area contributed by atoms with Gasteiger partial charge >= 0.3 is 0 Å². The summed E-state index contributed by atoms with van der Waals surface area (Å²) >= 11 is 0. The van der Waals surface area contributed by atoms with Gasteiger partial charge in [-0.15, -0.1) is 0 Å². The molecule has 0 aromatic rings. The van der Waals surface area contributed by atoms with Crippen molar-refractivity contribution in [3.8, 4) is 0 Å². The van der Waals surface area contributed by atoms with E-state index in [1.807, 2.05) is 6.92 Å². The van der Waals surface area contributed by atoms with Crippen LogP contribution in [0.4, 0.5) is 0 Å². The average molecular weight is 199 g/mol. The number of hydrogen-bond acceptors (Lipinski definition) is 2. The molecule has 4 atom stereocenters. The van der Waals surface area contributed by atoms with Crippen molar-refractivity contribution in [2.75, 3.05) is 6.54 Å². The van der Waals surface area contributed by atoms with Crippen molar-refractivity contribution in [1.82, 2.24) is 5.32 Å². The molecule has 0 amide bonds. The number of rotatable bonds is 5. The van der Waals surface area contributed by atoms with Gasteiger partial charge < -0.3 is 10.4 Å². The Morgan fingerprint density at radius 2 is 2.07 bits per heavy atom. The smallest absolute Gasteiger partial charge is 0.0515 e. The van der Waals surface area contributed by atoms with Gasteiger partial charge in [0.1, 0.15) is 0 Å². The highest BCUT2D eigenvalue weighted by Gasteiger charge is 2.22. The molecule has 1 rings (SSSR count). The molecule has 0 aromatic heterocycles. The van der Waals surface area contributed by atoms with E-state index in [-0.39, 0.29) is 6.10 Å². The van der Waals surface area contributed by atoms with E-state index in [0.717, 1.165) is 24.9 Å². The van der Waals surface area contributed by atoms with Crippen molar-refractivity contribution < 1.29 is 5.11 Å². The number of aliphatic hydroxyl groups is 1. The van der Waals surface area contributed by atoms with Crippen LogP contribution < -0.4 is 5.32 Å². The van der Waals surface area contributed by atoms with E-state index in [4.69, 9.17) is 0 Å². The lowest BCUT2D eigenvalue weighted by Gasteiger charge is -2.21. The summed E-state index contributed by atoms with van der Waals surface area (Å²) < 4.78 is 0. The second-order valence-electron chi connectivity index (χ2n) is 5.11. The summed E-state index contributed by atoms with van der Waals surface area (Å²) in [7, 11) is 0. The SMILES string of the molecule is CC(O)CC(C)CNC1CCCC1C. The first-order valence-corrected chi connectivity index (χ1v) is 6.01. The predicted molar refractivity (Wildman–Crippen MR) is 60.3 cm³/mol. The molecule has 0 spiro atoms. The molecule has 0 aliphatic heterocycles. The van der Waals surface area contributed by atoms with Crippen molar-refractivity contribution in [1.29, 1.82) is 0 Å². The van der Waals surface area contributed by atoms with Crippen LogP contribution in [0.2, 0.25) is 0 Å². The van der Waals surface area contributed by atoms with Crippen molar-refractivity contribution >= 4 is 0 Å². The summed E-state index contributed by atoms with van der Waals surface area (Å²) in [6.07, 6.45) is 4.84. The quantitative estimate of drug-likeness (QED) is 0.711. The monoisotopic (exact) mass is 199 g/mol. The minimum Gasteiger partial charge on any atom is -0.393 e. The molecule has 2 heteroatoms. The summed E-state index contributed by atoms with van der Waals surface area (Å²) in [5.41, 5.74) is 0. The normalized spacial score (nSPS) is 31.7. The van der Waals surface area contributed by atoms with Crippen molar-refractivity contribution in [3.63, 3.8) is 0 Å². The topological polar surface area (TPSA) is 32.3 Å². The molecule has 4 unspecified atom stereocenters. The van der Waals surface area contributed by atoms with Gasteiger partial charge in [0, 0.05) is 6.04 Å². The fraction of sp³-hybridized carbons (Fsp3) is 1.00. The highest BCUT2D eigenvalue weighted by Crippen LogP contribution is 2.24. The van der Waals surface area contributed by atoms with Gasteiger partial charge in [-0.05, 0) is 44.6 Å². The molecule has 14 heavy (non-hydrogen) atoms. The first-order valence-electron chi connectivity index (χ1n) is 6.01. The highest BCUT2D eigenvalue weighted by molar-refractivity contribution is 4.80. The zero-order valence-electron chi connectivity index (χ0n) is 9.79. The summed E-state index contributed by atoms with van der Waals surface area (Å²) in [5.74, 6) is 1.43. The molecular formula is C12H25NO. The Labute approximate surface area is 88.1 Å². The van der Waals surface area contributed by atoms with Crippen LogP contribution in [0.1, 0.15) is 46.5 Å². The second kappa shape index (κ2) is 5.72. The molecule has 0 radical (unpaired) electrons. The van der Waals surface area contributed by atoms with E-state index in [1.165, 1.54) is 19.3 Å². The van der Waals surface area contributed by atoms with Crippen molar-refractivity contribution in [2.45, 2.75) is 58.6 Å². The van der Waals surface area contributed by atoms with Crippen LogP contribution >= 0.6 is 0 Å². The first-order chi connectivity index (χ1) is 6.59. The van der Waals surface area contributed by atoms with Crippen LogP contribution in [-0.2, 0) is 0 Å². The molecule has 1 aliphatic rings. The molecule has 0 saturated heterocycles. The average Bonchev–Trinajstić information content (AvgIpc) is 2.46. The fourth-order valence-electron chi connectivity index (χ4n) is 2.47. The van der Waals surface area contributed by atoms with Crippen molar-refractivity contribution in [3.05, 3.63) is 0 Å². The molecule has 84 valence electrons. The lowest BCUT2D eigenvalue weighted by atomic mass is 10.0. The Balaban J connectivity index is 2.13. The molecule has 0 aromatic carbocycles. The summed E-state index contributed by atoms with van der Waals surface area (Å²) in [6, 6.07) is 0.728. The first kappa shape index (κ1) is 12.0. The van der Waals surface area contributed by atoms with Crippen LogP contribution in [-0.4, -0.2) is 23.8 Å². The van der Waals surface area contributed by atoms with Gasteiger partial charge in [0.15, 0.2) is 0 Å². The molecule has 1 aliphatic carbocycles. The van der Waals surface area contributed by atoms with E-state index in [0.29, 0.717) is 5.92 Å². The fourth-order valence-corrected chi connectivity index (χ4v) is 2.47. The van der Waals surface area contributed by atoms with Crippen LogP contribution in [0.15, 0.2) is 0 Å². The molecular weight excluding hydrogens is 174 g/mol. The largest absolute Gasteiger partial charge is 0.393 e. The lowest BCUT2D eigenvalue weighted by molar-refractivity contribution is 0.162. The van der Waals surface area contributed by atoms with Gasteiger partial charge in [0.05, 0.1) is 6.10 Å². The standard InChI is InChI=1S/C12H25NO/c1-9(7-11(3)14)8-13-12-6-4-5-10(12)2/h9-14H,4-8H2,1-3H3. The van der Waals surface area contributed by atoms with Gasteiger partial charge in [-0.2, -0.15) is 0 Å². The maximum atomic E-state index is 9.24. The van der Waals surface area contributed by atoms with Crippen LogP contribution in [0.5, 0.6) is 0 Å². The van der Waals surface area contributed by atoms with Gasteiger partial charge in [0.25, 0.3) is 0 Å². The van der Waals surface area contributed by atoms with Gasteiger partial charge in [-0.25, -0.2) is 0 Å². The van der Waals surface area contributed by atoms with Crippen molar-refractivity contribution in [2.24, 2.45) is 11.8 Å². The molecule has 2 N–H and O–H groups in total. The number of nitrogens with one attached hydrogen (secondary N) is 1. The Hall–Kier alpha value is -0.0800. The van der Waals surface area contributed by atoms with Gasteiger partial charge in [0.2, 0.25) is 0 Å². The molecule has 1 fully saturated rings. The predicted octanol–water partition coefficient (Wildman–Crippen LogP) is 2.17. The Kier molecular flexibility index (Phi) is 4.90. The molecule has 0 bridgehead atoms. The third-order valence-electron chi connectivity index (χ3n) is 3.33. The maximum absolute atomic E-state index is 9.24. The zero-order chi connectivity index (χ0) is 10.6. The lowest BCUT2D eigenvalue weighted by Crippen LogP contribution is -2.35. The third-order valence-corrected chi connectivity index (χ3v) is 3.33. The maximum Gasteiger partial charge on any atom is 0.0515 e. The summed E-state index contributed by atoms with van der Waals surface area (Å²) in [4.78, 5) is 0. The Morgan fingerprint density at radius 3 is 2.57 bits per heavy atom. The van der Waals surface area contributed by atoms with E-state index in [1.54, 1.807) is 0 Å². The third kappa shape index (κ3) is 3.97. The Bertz CT molecular complexity index is 158. The Morgan fingerprint density at radius 1 is 1.36 bits per heavy atom. The summed E-state index contributed by atoms with van der Waals surface area (Å²) in [6.45, 7) is 7.47. The van der Waals surface area contributed by atoms with E-state index in [9.17, 15) is 5.11 Å². The minimum absolute atomic E-state index is 0.159. The highest BCUT2D eigenvalue weighted by atomic mass is 16.3. The second-order valence-corrected chi connectivity index (χ2v) is 5.11. The van der Waals surface area contributed by atoms with Crippen LogP contribution in [0.25, 0.3) is 0 Å². The van der Waals surface area contributed by atoms with E-state index < -0.39 is 0 Å². The molecule has 2 nitrogen and oxygen atoms in total. The van der Waals surface area contributed by atoms with Crippen LogP contribution in [0, 0.1) is 11.8 Å². The zero-order valence-corrected chi connectivity index (χ0v) is 9.79. The molecule has 0 heterocycles. The number of hydrogen-bond donors (Lipinski definition) is 2. The summed E-state index contributed by atoms with van der Waals surface area (Å²) in [5, 5.41) is 12.9. The number of aliphatic hydroxyl groups excluding tert-OH is 1. The molecule has 1 saturated carbocycles. The minimum atomic E-state index is -0.159.